The molecule has 8 heteroatoms. The van der Waals surface area contributed by atoms with Crippen LogP contribution in [0.2, 0.25) is 10.0 Å². The highest BCUT2D eigenvalue weighted by Crippen LogP contribution is 2.27. The third-order valence-electron chi connectivity index (χ3n) is 4.55. The lowest BCUT2D eigenvalue weighted by molar-refractivity contribution is -0.135. The zero-order chi connectivity index (χ0) is 20.6. The maximum Gasteiger partial charge on any atom is 0.260 e. The lowest BCUT2D eigenvalue weighted by Crippen LogP contribution is -2.40. The van der Waals surface area contributed by atoms with Crippen LogP contribution < -0.4 is 9.47 Å². The molecule has 1 aliphatic heterocycles. The van der Waals surface area contributed by atoms with Crippen molar-refractivity contribution in [3.05, 3.63) is 58.6 Å². The summed E-state index contributed by atoms with van der Waals surface area (Å²) >= 11 is 11.9. The van der Waals surface area contributed by atoms with Crippen LogP contribution in [0.4, 0.5) is 0 Å². The fraction of sp³-hybridized carbons (Fsp3) is 0.333. The first kappa shape index (κ1) is 21.3. The number of ether oxygens (including phenoxy) is 2. The summed E-state index contributed by atoms with van der Waals surface area (Å²) in [6.45, 7) is 1.94. The molecule has 0 radical (unpaired) electrons. The van der Waals surface area contributed by atoms with Gasteiger partial charge in [-0.3, -0.25) is 9.59 Å². The molecule has 0 saturated carbocycles. The molecule has 2 aromatic carbocycles. The lowest BCUT2D eigenvalue weighted by Gasteiger charge is -2.22. The van der Waals surface area contributed by atoms with Crippen molar-refractivity contribution >= 4 is 35.0 Å². The van der Waals surface area contributed by atoms with Crippen molar-refractivity contribution in [1.82, 2.24) is 9.80 Å². The standard InChI is InChI=1S/C21H22Cl2N2O4/c22-16-7-8-19(18(23)13-16)29-15-21(27)25-10-4-9-24(11-12-25)20(26)14-28-17-5-2-1-3-6-17/h1-3,5-8,13H,4,9-12,14-15H2. The van der Waals surface area contributed by atoms with Crippen LogP contribution in [-0.4, -0.2) is 61.0 Å². The van der Waals surface area contributed by atoms with Crippen LogP contribution in [0.25, 0.3) is 0 Å². The number of hydrogen-bond acceptors (Lipinski definition) is 4. The Morgan fingerprint density at radius 3 is 2.07 bits per heavy atom. The molecule has 3 rings (SSSR count). The number of benzene rings is 2. The van der Waals surface area contributed by atoms with E-state index in [1.165, 1.54) is 0 Å². The minimum atomic E-state index is -0.147. The van der Waals surface area contributed by atoms with Crippen LogP contribution in [0.15, 0.2) is 48.5 Å². The Kier molecular flexibility index (Phi) is 7.61. The number of para-hydroxylation sites is 1. The molecule has 0 aromatic heterocycles. The largest absolute Gasteiger partial charge is 0.484 e. The third kappa shape index (κ3) is 6.27. The number of rotatable bonds is 6. The smallest absolute Gasteiger partial charge is 0.260 e. The maximum atomic E-state index is 12.5. The molecule has 0 atom stereocenters. The van der Waals surface area contributed by atoms with Gasteiger partial charge in [-0.15, -0.1) is 0 Å². The van der Waals surface area contributed by atoms with Crippen LogP contribution in [0, 0.1) is 0 Å². The number of hydrogen-bond donors (Lipinski definition) is 0. The van der Waals surface area contributed by atoms with E-state index in [1.54, 1.807) is 28.0 Å². The number of carbonyl (C=O) groups excluding carboxylic acids is 2. The highest BCUT2D eigenvalue weighted by molar-refractivity contribution is 6.35. The predicted octanol–water partition coefficient (Wildman–Crippen LogP) is 3.51. The second-order valence-electron chi connectivity index (χ2n) is 6.58. The predicted molar refractivity (Wildman–Crippen MR) is 112 cm³/mol. The second-order valence-corrected chi connectivity index (χ2v) is 7.42. The SMILES string of the molecule is O=C(COc1ccccc1)N1CCCN(C(=O)COc2ccc(Cl)cc2Cl)CC1. The molecule has 1 fully saturated rings. The van der Waals surface area contributed by atoms with Gasteiger partial charge in [0.15, 0.2) is 13.2 Å². The van der Waals surface area contributed by atoms with Gasteiger partial charge in [0, 0.05) is 31.2 Å². The van der Waals surface area contributed by atoms with Gasteiger partial charge in [-0.25, -0.2) is 0 Å². The van der Waals surface area contributed by atoms with Crippen LogP contribution in [0.1, 0.15) is 6.42 Å². The van der Waals surface area contributed by atoms with E-state index in [9.17, 15) is 9.59 Å². The first-order chi connectivity index (χ1) is 14.0. The zero-order valence-electron chi connectivity index (χ0n) is 15.9. The highest BCUT2D eigenvalue weighted by Gasteiger charge is 2.22. The Morgan fingerprint density at radius 2 is 1.45 bits per heavy atom. The molecule has 2 amide bonds. The summed E-state index contributed by atoms with van der Waals surface area (Å²) in [5.41, 5.74) is 0. The van der Waals surface area contributed by atoms with E-state index in [-0.39, 0.29) is 25.0 Å². The van der Waals surface area contributed by atoms with Gasteiger partial charge in [0.25, 0.3) is 11.8 Å². The van der Waals surface area contributed by atoms with Crippen molar-refractivity contribution in [3.63, 3.8) is 0 Å². The summed E-state index contributed by atoms with van der Waals surface area (Å²) in [6, 6.07) is 14.1. The molecule has 29 heavy (non-hydrogen) atoms. The third-order valence-corrected chi connectivity index (χ3v) is 5.08. The maximum absolute atomic E-state index is 12.5. The fourth-order valence-electron chi connectivity index (χ4n) is 2.99. The fourth-order valence-corrected chi connectivity index (χ4v) is 3.46. The zero-order valence-corrected chi connectivity index (χ0v) is 17.4. The Balaban J connectivity index is 1.46. The average Bonchev–Trinajstić information content (AvgIpc) is 2.98. The van der Waals surface area contributed by atoms with Gasteiger partial charge >= 0.3 is 0 Å². The van der Waals surface area contributed by atoms with Gasteiger partial charge in [-0.2, -0.15) is 0 Å². The molecule has 0 aliphatic carbocycles. The first-order valence-electron chi connectivity index (χ1n) is 9.34. The molecule has 0 spiro atoms. The van der Waals surface area contributed by atoms with Crippen LogP contribution >= 0.6 is 23.2 Å². The quantitative estimate of drug-likeness (QED) is 0.694. The normalized spacial score (nSPS) is 14.3. The van der Waals surface area contributed by atoms with Crippen molar-refractivity contribution in [2.45, 2.75) is 6.42 Å². The number of halogens is 2. The van der Waals surface area contributed by atoms with E-state index in [1.807, 2.05) is 30.3 Å². The Morgan fingerprint density at radius 1 is 0.828 bits per heavy atom. The van der Waals surface area contributed by atoms with Crippen molar-refractivity contribution in [2.75, 3.05) is 39.4 Å². The van der Waals surface area contributed by atoms with Gasteiger partial charge in [-0.05, 0) is 36.8 Å². The molecular formula is C21H22Cl2N2O4. The molecule has 1 aliphatic rings. The minimum absolute atomic E-state index is 0.0177. The summed E-state index contributed by atoms with van der Waals surface area (Å²) < 4.78 is 11.1. The topological polar surface area (TPSA) is 59.1 Å². The van der Waals surface area contributed by atoms with Gasteiger partial charge in [0.2, 0.25) is 0 Å². The van der Waals surface area contributed by atoms with Crippen molar-refractivity contribution in [1.29, 1.82) is 0 Å². The van der Waals surface area contributed by atoms with Crippen LogP contribution in [-0.2, 0) is 9.59 Å². The molecular weight excluding hydrogens is 415 g/mol. The summed E-state index contributed by atoms with van der Waals surface area (Å²) in [6.07, 6.45) is 0.699. The van der Waals surface area contributed by atoms with E-state index in [2.05, 4.69) is 0 Å². The minimum Gasteiger partial charge on any atom is -0.484 e. The van der Waals surface area contributed by atoms with Crippen LogP contribution in [0.5, 0.6) is 11.5 Å². The van der Waals surface area contributed by atoms with E-state index >= 15 is 0 Å². The van der Waals surface area contributed by atoms with E-state index in [0.717, 1.165) is 0 Å². The molecule has 0 bridgehead atoms. The molecule has 2 aromatic rings. The van der Waals surface area contributed by atoms with E-state index in [0.29, 0.717) is 54.1 Å². The average molecular weight is 437 g/mol. The van der Waals surface area contributed by atoms with Crippen molar-refractivity contribution in [3.8, 4) is 11.5 Å². The van der Waals surface area contributed by atoms with Crippen molar-refractivity contribution in [2.24, 2.45) is 0 Å². The molecule has 1 saturated heterocycles. The number of nitrogens with zero attached hydrogens (tertiary/aromatic N) is 2. The number of amides is 2. The summed E-state index contributed by atoms with van der Waals surface area (Å²) in [7, 11) is 0. The summed E-state index contributed by atoms with van der Waals surface area (Å²) in [5.74, 6) is 0.831. The van der Waals surface area contributed by atoms with Gasteiger partial charge in [0.1, 0.15) is 11.5 Å². The van der Waals surface area contributed by atoms with Crippen LogP contribution in [0.3, 0.4) is 0 Å². The lowest BCUT2D eigenvalue weighted by atomic mass is 10.3. The van der Waals surface area contributed by atoms with E-state index < -0.39 is 0 Å². The van der Waals surface area contributed by atoms with Gasteiger partial charge in [0.05, 0.1) is 5.02 Å². The first-order valence-corrected chi connectivity index (χ1v) is 10.1. The number of carbonyl (C=O) groups is 2. The van der Waals surface area contributed by atoms with Gasteiger partial charge in [-0.1, -0.05) is 41.4 Å². The Bertz CT molecular complexity index is 848. The summed E-state index contributed by atoms with van der Waals surface area (Å²) in [5, 5.41) is 0.860. The molecule has 0 unspecified atom stereocenters. The summed E-state index contributed by atoms with van der Waals surface area (Å²) in [4.78, 5) is 28.3. The Labute approximate surface area is 179 Å². The van der Waals surface area contributed by atoms with Gasteiger partial charge < -0.3 is 19.3 Å². The van der Waals surface area contributed by atoms with Crippen molar-refractivity contribution < 1.29 is 19.1 Å². The Hall–Kier alpha value is -2.44. The monoisotopic (exact) mass is 436 g/mol. The molecule has 6 nitrogen and oxygen atoms in total. The highest BCUT2D eigenvalue weighted by atomic mass is 35.5. The molecule has 1 heterocycles. The second kappa shape index (κ2) is 10.4. The molecule has 0 N–H and O–H groups in total. The molecule has 154 valence electrons. The van der Waals surface area contributed by atoms with E-state index in [4.69, 9.17) is 32.7 Å².